The molecule has 0 fully saturated rings. The van der Waals surface area contributed by atoms with Crippen LogP contribution in [-0.2, 0) is 15.6 Å². The fraction of sp³-hybridized carbons (Fsp3) is 0.304. The predicted molar refractivity (Wildman–Crippen MR) is 127 cm³/mol. The maximum atomic E-state index is 12.1. The van der Waals surface area contributed by atoms with Gasteiger partial charge in [0.05, 0.1) is 10.7 Å². The summed E-state index contributed by atoms with van der Waals surface area (Å²) in [6.45, 7) is 9.88. The number of anilines is 1. The van der Waals surface area contributed by atoms with Gasteiger partial charge in [-0.25, -0.2) is 0 Å². The zero-order valence-electron chi connectivity index (χ0n) is 18.3. The molecule has 0 aliphatic rings. The van der Waals surface area contributed by atoms with Crippen molar-refractivity contribution in [3.63, 3.8) is 0 Å². The van der Waals surface area contributed by atoms with Gasteiger partial charge in [-0.3, -0.25) is 14.7 Å². The summed E-state index contributed by atoms with van der Waals surface area (Å²) in [7, 11) is -3.66. The Morgan fingerprint density at radius 1 is 0.968 bits per heavy atom. The molecule has 0 atom stereocenters. The highest BCUT2D eigenvalue weighted by molar-refractivity contribution is 7.90. The zero-order valence-corrected chi connectivity index (χ0v) is 19.8. The molecule has 0 bridgehead atoms. The average Bonchev–Trinajstić information content (AvgIpc) is 2.66. The van der Waals surface area contributed by atoms with Gasteiger partial charge in [-0.15, -0.1) is 0 Å². The second-order valence-corrected chi connectivity index (χ2v) is 10.6. The van der Waals surface area contributed by atoms with Gasteiger partial charge in [-0.05, 0) is 49.7 Å². The van der Waals surface area contributed by atoms with Crippen LogP contribution in [0, 0.1) is 0 Å². The van der Waals surface area contributed by atoms with Gasteiger partial charge in [-0.1, -0.05) is 38.4 Å². The van der Waals surface area contributed by atoms with Crippen LogP contribution in [0.2, 0.25) is 5.02 Å². The van der Waals surface area contributed by atoms with E-state index in [1.807, 2.05) is 18.3 Å². The Balaban J connectivity index is 1.91. The Kier molecular flexibility index (Phi) is 6.69. The largest absolute Gasteiger partial charge is 0.299 e. The minimum Gasteiger partial charge on any atom is -0.271 e. The van der Waals surface area contributed by atoms with Crippen molar-refractivity contribution < 1.29 is 8.42 Å². The van der Waals surface area contributed by atoms with E-state index in [4.69, 9.17) is 11.6 Å². The normalized spacial score (nSPS) is 12.2. The van der Waals surface area contributed by atoms with Gasteiger partial charge in [0.2, 0.25) is 0 Å². The molecular formula is C23H27ClN4O2S. The molecule has 0 saturated heterocycles. The second kappa shape index (κ2) is 8.94. The van der Waals surface area contributed by atoms with Crippen molar-refractivity contribution in [2.75, 3.05) is 4.72 Å². The molecule has 0 spiro atoms. The Morgan fingerprint density at radius 3 is 2.32 bits per heavy atom. The van der Waals surface area contributed by atoms with E-state index in [0.29, 0.717) is 10.7 Å². The quantitative estimate of drug-likeness (QED) is 0.516. The lowest BCUT2D eigenvalue weighted by atomic mass is 9.90. The third-order valence-electron chi connectivity index (χ3n) is 4.52. The summed E-state index contributed by atoms with van der Waals surface area (Å²) in [6.07, 6.45) is 5.35. The lowest BCUT2D eigenvalue weighted by molar-refractivity contribution is 0.569. The first-order valence-corrected chi connectivity index (χ1v) is 11.8. The molecule has 0 saturated carbocycles. The van der Waals surface area contributed by atoms with Gasteiger partial charge >= 0.3 is 0 Å². The first-order chi connectivity index (χ1) is 14.4. The number of aromatic nitrogens is 2. The summed E-state index contributed by atoms with van der Waals surface area (Å²) in [5.41, 5.74) is 4.90. The van der Waals surface area contributed by atoms with Crippen LogP contribution in [0.15, 0.2) is 55.0 Å². The van der Waals surface area contributed by atoms with Crippen molar-refractivity contribution in [3.8, 4) is 22.3 Å². The van der Waals surface area contributed by atoms with E-state index in [1.54, 1.807) is 44.4 Å². The number of hydrogen-bond acceptors (Lipinski definition) is 4. The van der Waals surface area contributed by atoms with Crippen molar-refractivity contribution in [2.24, 2.45) is 0 Å². The minimum atomic E-state index is -3.66. The van der Waals surface area contributed by atoms with E-state index in [0.717, 1.165) is 27.9 Å². The number of pyridine rings is 2. The summed E-state index contributed by atoms with van der Waals surface area (Å²) < 4.78 is 29.1. The van der Waals surface area contributed by atoms with Gasteiger partial charge in [0.1, 0.15) is 0 Å². The van der Waals surface area contributed by atoms with Gasteiger partial charge in [0.15, 0.2) is 0 Å². The molecule has 0 radical (unpaired) electrons. The van der Waals surface area contributed by atoms with Crippen LogP contribution in [0.3, 0.4) is 0 Å². The van der Waals surface area contributed by atoms with Crippen molar-refractivity contribution >= 4 is 27.5 Å². The fourth-order valence-corrected chi connectivity index (χ4v) is 4.48. The maximum absolute atomic E-state index is 12.1. The highest BCUT2D eigenvalue weighted by Gasteiger charge is 2.17. The molecule has 2 aromatic heterocycles. The number of hydrogen-bond donors (Lipinski definition) is 2. The summed E-state index contributed by atoms with van der Waals surface area (Å²) in [5, 5.41) is 0.425. The molecule has 3 aromatic rings. The molecule has 3 rings (SSSR count). The Bertz CT molecular complexity index is 1190. The second-order valence-electron chi connectivity index (χ2n) is 8.71. The molecule has 1 aromatic carbocycles. The molecule has 0 amide bonds. The highest BCUT2D eigenvalue weighted by atomic mass is 35.5. The smallest absolute Gasteiger partial charge is 0.271 e. The van der Waals surface area contributed by atoms with Crippen LogP contribution in [0.5, 0.6) is 0 Å². The van der Waals surface area contributed by atoms with Gasteiger partial charge in [-0.2, -0.15) is 13.1 Å². The van der Waals surface area contributed by atoms with Gasteiger partial charge < -0.3 is 0 Å². The molecule has 0 aliphatic carbocycles. The minimum absolute atomic E-state index is 0.0576. The van der Waals surface area contributed by atoms with Crippen molar-refractivity contribution in [1.82, 2.24) is 14.7 Å². The lowest BCUT2D eigenvalue weighted by Gasteiger charge is -2.18. The van der Waals surface area contributed by atoms with Crippen molar-refractivity contribution in [3.05, 3.63) is 65.7 Å². The lowest BCUT2D eigenvalue weighted by Crippen LogP contribution is -2.35. The van der Waals surface area contributed by atoms with Crippen molar-refractivity contribution in [2.45, 2.75) is 46.1 Å². The average molecular weight is 459 g/mol. The molecule has 0 aliphatic heterocycles. The molecule has 8 heteroatoms. The molecule has 2 heterocycles. The van der Waals surface area contributed by atoms with Crippen LogP contribution in [0.1, 0.15) is 40.3 Å². The fourth-order valence-electron chi connectivity index (χ4n) is 3.07. The van der Waals surface area contributed by atoms with E-state index in [9.17, 15) is 8.42 Å². The molecular weight excluding hydrogens is 432 g/mol. The third kappa shape index (κ3) is 6.03. The number of halogens is 1. The van der Waals surface area contributed by atoms with Gasteiger partial charge in [0.25, 0.3) is 10.2 Å². The van der Waals surface area contributed by atoms with E-state index >= 15 is 0 Å². The summed E-state index contributed by atoms with van der Waals surface area (Å²) >= 11 is 6.49. The first-order valence-electron chi connectivity index (χ1n) is 9.96. The van der Waals surface area contributed by atoms with Gasteiger partial charge in [0, 0.05) is 52.4 Å². The monoisotopic (exact) mass is 458 g/mol. The van der Waals surface area contributed by atoms with E-state index < -0.39 is 10.2 Å². The Labute approximate surface area is 189 Å². The molecule has 2 N–H and O–H groups in total. The number of nitrogens with one attached hydrogen (secondary N) is 2. The van der Waals surface area contributed by atoms with Crippen LogP contribution in [0.4, 0.5) is 5.69 Å². The van der Waals surface area contributed by atoms with E-state index in [2.05, 4.69) is 46.2 Å². The first kappa shape index (κ1) is 23.2. The Hall–Kier alpha value is -2.48. The van der Waals surface area contributed by atoms with Crippen LogP contribution in [-0.4, -0.2) is 24.4 Å². The van der Waals surface area contributed by atoms with E-state index in [-0.39, 0.29) is 11.5 Å². The van der Waals surface area contributed by atoms with Crippen LogP contribution in [0.25, 0.3) is 22.3 Å². The predicted octanol–water partition coefficient (Wildman–Crippen LogP) is 5.42. The number of nitrogens with zero attached hydrogens (tertiary/aromatic N) is 2. The molecule has 31 heavy (non-hydrogen) atoms. The highest BCUT2D eigenvalue weighted by Crippen LogP contribution is 2.33. The standard InChI is InChI=1S/C23H27ClN4O2S/c1-15(2)27-31(29,30)28-19-6-7-20(21(24)12-19)18-10-17(13-25-14-18)16-8-9-26-22(11-16)23(3,4)5/h6-15,27-28H,1-5H3. The molecule has 164 valence electrons. The summed E-state index contributed by atoms with van der Waals surface area (Å²) in [4.78, 5) is 8.87. The Morgan fingerprint density at radius 2 is 1.68 bits per heavy atom. The van der Waals surface area contributed by atoms with Crippen LogP contribution >= 0.6 is 11.6 Å². The summed E-state index contributed by atoms with van der Waals surface area (Å²) in [5.74, 6) is 0. The zero-order chi connectivity index (χ0) is 22.8. The number of rotatable bonds is 6. The third-order valence-corrected chi connectivity index (χ3v) is 6.12. The van der Waals surface area contributed by atoms with Crippen molar-refractivity contribution in [1.29, 1.82) is 0 Å². The topological polar surface area (TPSA) is 84.0 Å². The number of benzene rings is 1. The van der Waals surface area contributed by atoms with Crippen LogP contribution < -0.4 is 9.44 Å². The van der Waals surface area contributed by atoms with E-state index in [1.165, 1.54) is 0 Å². The summed E-state index contributed by atoms with van der Waals surface area (Å²) in [6, 6.07) is 10.9. The maximum Gasteiger partial charge on any atom is 0.299 e. The SMILES string of the molecule is CC(C)NS(=O)(=O)Nc1ccc(-c2cncc(-c3ccnc(C(C)(C)C)c3)c2)c(Cl)c1. The molecule has 6 nitrogen and oxygen atoms in total. The molecule has 0 unspecified atom stereocenters.